The molecule has 1 heterocycles. The van der Waals surface area contributed by atoms with Gasteiger partial charge in [-0.25, -0.2) is 9.89 Å². The van der Waals surface area contributed by atoms with Crippen LogP contribution in [0.4, 0.5) is 18.9 Å². The maximum Gasteiger partial charge on any atom is 0.418 e. The Morgan fingerprint density at radius 1 is 1.29 bits per heavy atom. The average Bonchev–Trinajstić information content (AvgIpc) is 2.49. The lowest BCUT2D eigenvalue weighted by atomic mass is 10.1. The number of amides is 1. The molecule has 3 N–H and O–H groups in total. The highest BCUT2D eigenvalue weighted by Crippen LogP contribution is 2.34. The number of para-hydroxylation sites is 1. The highest BCUT2D eigenvalue weighted by Gasteiger charge is 2.34. The van der Waals surface area contributed by atoms with Gasteiger partial charge in [0.25, 0.3) is 5.56 Å². The largest absolute Gasteiger partial charge is 0.418 e. The van der Waals surface area contributed by atoms with Crippen molar-refractivity contribution in [2.75, 3.05) is 5.32 Å². The van der Waals surface area contributed by atoms with E-state index in [1.165, 1.54) is 19.1 Å². The fraction of sp³-hybridized carbons (Fsp3) is 0.231. The second kappa shape index (κ2) is 6.91. The molecule has 0 saturated carbocycles. The molecule has 24 heavy (non-hydrogen) atoms. The third kappa shape index (κ3) is 4.25. The SMILES string of the molecule is CC(Sc1n[nH]c(=O)[nH]c1=O)C(=O)Nc1ccccc1C(F)(F)F. The van der Waals surface area contributed by atoms with E-state index in [9.17, 15) is 27.6 Å². The Hall–Kier alpha value is -2.56. The molecule has 0 aliphatic carbocycles. The molecular weight excluding hydrogens is 349 g/mol. The van der Waals surface area contributed by atoms with Crippen LogP contribution in [0.3, 0.4) is 0 Å². The summed E-state index contributed by atoms with van der Waals surface area (Å²) in [6.07, 6.45) is -4.61. The molecule has 0 bridgehead atoms. The number of nitrogens with zero attached hydrogens (tertiary/aromatic N) is 1. The smallest absolute Gasteiger partial charge is 0.325 e. The number of aromatic nitrogens is 3. The molecular formula is C13H11F3N4O3S. The van der Waals surface area contributed by atoms with E-state index in [0.717, 1.165) is 12.1 Å². The lowest BCUT2D eigenvalue weighted by molar-refractivity contribution is -0.137. The van der Waals surface area contributed by atoms with Crippen molar-refractivity contribution in [2.24, 2.45) is 0 Å². The van der Waals surface area contributed by atoms with Crippen molar-refractivity contribution in [1.82, 2.24) is 15.2 Å². The first kappa shape index (κ1) is 17.8. The summed E-state index contributed by atoms with van der Waals surface area (Å²) in [5, 5.41) is 6.56. The van der Waals surface area contributed by atoms with Crippen molar-refractivity contribution in [2.45, 2.75) is 23.4 Å². The number of benzene rings is 1. The van der Waals surface area contributed by atoms with Gasteiger partial charge in [-0.2, -0.15) is 18.3 Å². The zero-order valence-electron chi connectivity index (χ0n) is 12.1. The van der Waals surface area contributed by atoms with Gasteiger partial charge in [-0.3, -0.25) is 14.6 Å². The summed E-state index contributed by atoms with van der Waals surface area (Å²) in [7, 11) is 0. The minimum absolute atomic E-state index is 0.179. The van der Waals surface area contributed by atoms with E-state index in [0.29, 0.717) is 11.8 Å². The van der Waals surface area contributed by atoms with Crippen LogP contribution in [-0.4, -0.2) is 26.3 Å². The highest BCUT2D eigenvalue weighted by atomic mass is 32.2. The fourth-order valence-corrected chi connectivity index (χ4v) is 2.47. The summed E-state index contributed by atoms with van der Waals surface area (Å²) < 4.78 is 38.7. The van der Waals surface area contributed by atoms with Crippen LogP contribution in [0, 0.1) is 0 Å². The van der Waals surface area contributed by atoms with Crippen LogP contribution in [0.25, 0.3) is 0 Å². The molecule has 0 aliphatic heterocycles. The lowest BCUT2D eigenvalue weighted by Crippen LogP contribution is -2.28. The molecule has 0 saturated heterocycles. The van der Waals surface area contributed by atoms with Crippen molar-refractivity contribution in [3.05, 3.63) is 50.7 Å². The van der Waals surface area contributed by atoms with Crippen molar-refractivity contribution < 1.29 is 18.0 Å². The van der Waals surface area contributed by atoms with E-state index in [1.807, 2.05) is 10.1 Å². The number of carbonyl (C=O) groups is 1. The van der Waals surface area contributed by atoms with Gasteiger partial charge in [0.05, 0.1) is 16.5 Å². The van der Waals surface area contributed by atoms with E-state index in [2.05, 4.69) is 10.4 Å². The third-order valence-electron chi connectivity index (χ3n) is 2.83. The standard InChI is InChI=1S/C13H11F3N4O3S/c1-6(24-11-10(22)18-12(23)20-19-11)9(21)17-8-5-3-2-4-7(8)13(14,15)16/h2-6H,1H3,(H,17,21)(H2,18,20,22,23). The number of anilines is 1. The molecule has 0 fully saturated rings. The minimum atomic E-state index is -4.61. The first-order valence-corrected chi connectivity index (χ1v) is 7.39. The number of H-pyrrole nitrogens is 2. The van der Waals surface area contributed by atoms with Gasteiger partial charge in [0.1, 0.15) is 0 Å². The number of carbonyl (C=O) groups excluding carboxylic acids is 1. The van der Waals surface area contributed by atoms with Crippen molar-refractivity contribution in [3.63, 3.8) is 0 Å². The number of halogens is 3. The van der Waals surface area contributed by atoms with E-state index in [1.54, 1.807) is 0 Å². The van der Waals surface area contributed by atoms with Crippen LogP contribution in [-0.2, 0) is 11.0 Å². The fourth-order valence-electron chi connectivity index (χ4n) is 1.71. The second-order valence-corrected chi connectivity index (χ2v) is 5.93. The predicted octanol–water partition coefficient (Wildman–Crippen LogP) is 1.60. The third-order valence-corrected chi connectivity index (χ3v) is 3.90. The molecule has 1 aromatic carbocycles. The highest BCUT2D eigenvalue weighted by molar-refractivity contribution is 8.00. The van der Waals surface area contributed by atoms with Crippen molar-refractivity contribution in [3.8, 4) is 0 Å². The Morgan fingerprint density at radius 2 is 1.96 bits per heavy atom. The maximum absolute atomic E-state index is 12.9. The lowest BCUT2D eigenvalue weighted by Gasteiger charge is -2.15. The molecule has 1 unspecified atom stereocenters. The van der Waals surface area contributed by atoms with E-state index in [4.69, 9.17) is 0 Å². The molecule has 1 atom stereocenters. The zero-order chi connectivity index (χ0) is 17.9. The summed E-state index contributed by atoms with van der Waals surface area (Å²) in [5.41, 5.74) is -2.96. The molecule has 1 amide bonds. The van der Waals surface area contributed by atoms with E-state index < -0.39 is 34.1 Å². The number of rotatable bonds is 4. The first-order valence-electron chi connectivity index (χ1n) is 6.51. The first-order chi connectivity index (χ1) is 11.2. The van der Waals surface area contributed by atoms with Crippen molar-refractivity contribution >= 4 is 23.4 Å². The quantitative estimate of drug-likeness (QED) is 0.718. The Labute approximate surface area is 136 Å². The molecule has 128 valence electrons. The summed E-state index contributed by atoms with van der Waals surface area (Å²) in [6, 6.07) is 4.54. The predicted molar refractivity (Wildman–Crippen MR) is 80.9 cm³/mol. The van der Waals surface area contributed by atoms with Gasteiger partial charge < -0.3 is 5.32 Å². The van der Waals surface area contributed by atoms with Gasteiger partial charge >= 0.3 is 11.9 Å². The van der Waals surface area contributed by atoms with Gasteiger partial charge in [-0.05, 0) is 19.1 Å². The summed E-state index contributed by atoms with van der Waals surface area (Å²) in [4.78, 5) is 36.4. The van der Waals surface area contributed by atoms with Crippen LogP contribution in [0.1, 0.15) is 12.5 Å². The Kier molecular flexibility index (Phi) is 5.12. The molecule has 11 heteroatoms. The number of alkyl halides is 3. The van der Waals surface area contributed by atoms with Crippen LogP contribution in [0.5, 0.6) is 0 Å². The Balaban J connectivity index is 2.15. The van der Waals surface area contributed by atoms with Gasteiger partial charge in [0.15, 0.2) is 5.03 Å². The van der Waals surface area contributed by atoms with Crippen LogP contribution in [0.15, 0.2) is 38.9 Å². The molecule has 1 aromatic heterocycles. The maximum atomic E-state index is 12.9. The van der Waals surface area contributed by atoms with Crippen LogP contribution in [0.2, 0.25) is 0 Å². The topological polar surface area (TPSA) is 108 Å². The molecule has 2 rings (SSSR count). The normalized spacial score (nSPS) is 12.7. The molecule has 0 radical (unpaired) electrons. The minimum Gasteiger partial charge on any atom is -0.325 e. The Morgan fingerprint density at radius 3 is 2.58 bits per heavy atom. The number of thioether (sulfide) groups is 1. The molecule has 7 nitrogen and oxygen atoms in total. The molecule has 2 aromatic rings. The number of nitrogens with one attached hydrogen (secondary N) is 3. The summed E-state index contributed by atoms with van der Waals surface area (Å²) >= 11 is 0.701. The molecule has 0 aliphatic rings. The monoisotopic (exact) mass is 360 g/mol. The second-order valence-electron chi connectivity index (χ2n) is 4.60. The Bertz CT molecular complexity index is 862. The van der Waals surface area contributed by atoms with Gasteiger partial charge in [-0.15, -0.1) is 0 Å². The zero-order valence-corrected chi connectivity index (χ0v) is 12.9. The van der Waals surface area contributed by atoms with Crippen LogP contribution < -0.4 is 16.6 Å². The van der Waals surface area contributed by atoms with Crippen LogP contribution >= 0.6 is 11.8 Å². The average molecular weight is 360 g/mol. The van der Waals surface area contributed by atoms with E-state index in [-0.39, 0.29) is 10.7 Å². The number of hydrogen-bond donors (Lipinski definition) is 3. The summed E-state index contributed by atoms with van der Waals surface area (Å²) in [5.74, 6) is -0.746. The summed E-state index contributed by atoms with van der Waals surface area (Å²) in [6.45, 7) is 1.39. The van der Waals surface area contributed by atoms with E-state index >= 15 is 0 Å². The molecule has 0 spiro atoms. The van der Waals surface area contributed by atoms with Crippen molar-refractivity contribution in [1.29, 1.82) is 0 Å². The van der Waals surface area contributed by atoms with Gasteiger partial charge in [-0.1, -0.05) is 23.9 Å². The number of aromatic amines is 2. The van der Waals surface area contributed by atoms with Gasteiger partial charge in [0, 0.05) is 0 Å². The number of hydrogen-bond acceptors (Lipinski definition) is 5. The van der Waals surface area contributed by atoms with Gasteiger partial charge in [0.2, 0.25) is 5.91 Å².